The van der Waals surface area contributed by atoms with Crippen molar-refractivity contribution in [1.29, 1.82) is 0 Å². The normalized spacial score (nSPS) is 9.96. The fourth-order valence-electron chi connectivity index (χ4n) is 1.95. The number of benzene rings is 2. The quantitative estimate of drug-likeness (QED) is 0.743. The third-order valence-corrected chi connectivity index (χ3v) is 3.27. The third kappa shape index (κ3) is 4.41. The van der Waals surface area contributed by atoms with Gasteiger partial charge in [0.1, 0.15) is 0 Å². The Balaban J connectivity index is 1.99. The van der Waals surface area contributed by atoms with Gasteiger partial charge in [0.2, 0.25) is 5.91 Å². The molecule has 0 saturated carbocycles. The molecule has 0 atom stereocenters. The zero-order valence-corrected chi connectivity index (χ0v) is 12.6. The third-order valence-electron chi connectivity index (χ3n) is 3.27. The number of primary amides is 1. The lowest BCUT2D eigenvalue weighted by atomic mass is 10.1. The SMILES string of the molecule is Cc1ccc(C(N)=O)cc1NC(=O)C(=O)NCc1ccccc1. The number of hydrogen-bond donors (Lipinski definition) is 3. The topological polar surface area (TPSA) is 101 Å². The smallest absolute Gasteiger partial charge is 0.313 e. The van der Waals surface area contributed by atoms with Crippen LogP contribution in [0, 0.1) is 6.92 Å². The molecule has 0 aliphatic rings. The summed E-state index contributed by atoms with van der Waals surface area (Å²) in [6.45, 7) is 2.01. The standard InChI is InChI=1S/C17H17N3O3/c1-11-7-8-13(15(18)21)9-14(11)20-17(23)16(22)19-10-12-5-3-2-4-6-12/h2-9H,10H2,1H3,(H2,18,21)(H,19,22)(H,20,23). The molecular formula is C17H17N3O3. The second-order valence-electron chi connectivity index (χ2n) is 5.02. The van der Waals surface area contributed by atoms with Gasteiger partial charge in [-0.1, -0.05) is 36.4 Å². The molecule has 0 aromatic heterocycles. The summed E-state index contributed by atoms with van der Waals surface area (Å²) in [6.07, 6.45) is 0. The van der Waals surface area contributed by atoms with E-state index in [-0.39, 0.29) is 12.1 Å². The number of hydrogen-bond acceptors (Lipinski definition) is 3. The van der Waals surface area contributed by atoms with Gasteiger partial charge in [0.25, 0.3) is 0 Å². The van der Waals surface area contributed by atoms with E-state index in [9.17, 15) is 14.4 Å². The van der Waals surface area contributed by atoms with E-state index < -0.39 is 17.7 Å². The highest BCUT2D eigenvalue weighted by molar-refractivity contribution is 6.39. The number of carbonyl (C=O) groups excluding carboxylic acids is 3. The summed E-state index contributed by atoms with van der Waals surface area (Å²) in [5.41, 5.74) is 7.45. The molecule has 2 rings (SSSR count). The minimum Gasteiger partial charge on any atom is -0.366 e. The molecule has 3 amide bonds. The van der Waals surface area contributed by atoms with Crippen LogP contribution in [0.2, 0.25) is 0 Å². The number of carbonyl (C=O) groups is 3. The van der Waals surface area contributed by atoms with Crippen LogP contribution in [0.15, 0.2) is 48.5 Å². The molecule has 0 fully saturated rings. The fraction of sp³-hybridized carbons (Fsp3) is 0.118. The van der Waals surface area contributed by atoms with Crippen molar-refractivity contribution in [3.05, 3.63) is 65.2 Å². The highest BCUT2D eigenvalue weighted by atomic mass is 16.2. The Hall–Kier alpha value is -3.15. The minimum atomic E-state index is -0.800. The lowest BCUT2D eigenvalue weighted by molar-refractivity contribution is -0.136. The van der Waals surface area contributed by atoms with Crippen molar-refractivity contribution in [3.63, 3.8) is 0 Å². The van der Waals surface area contributed by atoms with Gasteiger partial charge in [-0.2, -0.15) is 0 Å². The molecule has 0 radical (unpaired) electrons. The number of nitrogens with one attached hydrogen (secondary N) is 2. The molecule has 4 N–H and O–H groups in total. The Labute approximate surface area is 133 Å². The number of nitrogens with two attached hydrogens (primary N) is 1. The van der Waals surface area contributed by atoms with Crippen LogP contribution in [0.25, 0.3) is 0 Å². The van der Waals surface area contributed by atoms with Crippen molar-refractivity contribution in [2.75, 3.05) is 5.32 Å². The Kier molecular flexibility index (Phi) is 5.09. The highest BCUT2D eigenvalue weighted by Gasteiger charge is 2.15. The molecular weight excluding hydrogens is 294 g/mol. The van der Waals surface area contributed by atoms with Gasteiger partial charge in [-0.15, -0.1) is 0 Å². The first-order valence-corrected chi connectivity index (χ1v) is 7.01. The van der Waals surface area contributed by atoms with Crippen molar-refractivity contribution < 1.29 is 14.4 Å². The van der Waals surface area contributed by atoms with Crippen molar-refractivity contribution in [2.24, 2.45) is 5.73 Å². The lowest BCUT2D eigenvalue weighted by Crippen LogP contribution is -2.35. The maximum atomic E-state index is 11.9. The van der Waals surface area contributed by atoms with Crippen molar-refractivity contribution in [1.82, 2.24) is 5.32 Å². The van der Waals surface area contributed by atoms with Crippen molar-refractivity contribution in [3.8, 4) is 0 Å². The summed E-state index contributed by atoms with van der Waals surface area (Å²) in [6, 6.07) is 13.9. The molecule has 0 bridgehead atoms. The van der Waals surface area contributed by atoms with Crippen LogP contribution < -0.4 is 16.4 Å². The van der Waals surface area contributed by atoms with Crippen LogP contribution in [0.1, 0.15) is 21.5 Å². The molecule has 118 valence electrons. The van der Waals surface area contributed by atoms with E-state index >= 15 is 0 Å². The van der Waals surface area contributed by atoms with E-state index in [2.05, 4.69) is 10.6 Å². The molecule has 2 aromatic carbocycles. The Morgan fingerprint density at radius 3 is 2.35 bits per heavy atom. The van der Waals surface area contributed by atoms with Gasteiger partial charge in [-0.25, -0.2) is 0 Å². The molecule has 0 saturated heterocycles. The van der Waals surface area contributed by atoms with E-state index in [0.717, 1.165) is 11.1 Å². The average molecular weight is 311 g/mol. The van der Waals surface area contributed by atoms with Crippen molar-refractivity contribution >= 4 is 23.4 Å². The number of rotatable bonds is 4. The largest absolute Gasteiger partial charge is 0.366 e. The van der Waals surface area contributed by atoms with E-state index in [1.54, 1.807) is 19.1 Å². The highest BCUT2D eigenvalue weighted by Crippen LogP contribution is 2.16. The second kappa shape index (κ2) is 7.22. The van der Waals surface area contributed by atoms with Crippen molar-refractivity contribution in [2.45, 2.75) is 13.5 Å². The average Bonchev–Trinajstić information content (AvgIpc) is 2.55. The van der Waals surface area contributed by atoms with Gasteiger partial charge in [0, 0.05) is 17.8 Å². The zero-order chi connectivity index (χ0) is 16.8. The summed E-state index contributed by atoms with van der Waals surface area (Å²) < 4.78 is 0. The zero-order valence-electron chi connectivity index (χ0n) is 12.6. The maximum Gasteiger partial charge on any atom is 0.313 e. The van der Waals surface area contributed by atoms with Gasteiger partial charge in [0.05, 0.1) is 0 Å². The molecule has 6 heteroatoms. The first kappa shape index (κ1) is 16.2. The van der Waals surface area contributed by atoms with E-state index in [1.165, 1.54) is 6.07 Å². The fourth-order valence-corrected chi connectivity index (χ4v) is 1.95. The second-order valence-corrected chi connectivity index (χ2v) is 5.02. The van der Waals surface area contributed by atoms with Gasteiger partial charge in [-0.05, 0) is 30.2 Å². The number of aryl methyl sites for hydroxylation is 1. The van der Waals surface area contributed by atoms with Gasteiger partial charge < -0.3 is 16.4 Å². The molecule has 23 heavy (non-hydrogen) atoms. The predicted octanol–water partition coefficient (Wildman–Crippen LogP) is 1.35. The monoisotopic (exact) mass is 311 g/mol. The van der Waals surface area contributed by atoms with Gasteiger partial charge >= 0.3 is 11.8 Å². The summed E-state index contributed by atoms with van der Waals surface area (Å²) in [5.74, 6) is -2.16. The molecule has 6 nitrogen and oxygen atoms in total. The van der Waals surface area contributed by atoms with Crippen LogP contribution in [-0.2, 0) is 16.1 Å². The Morgan fingerprint density at radius 1 is 1.00 bits per heavy atom. The van der Waals surface area contributed by atoms with Crippen LogP contribution >= 0.6 is 0 Å². The first-order chi connectivity index (χ1) is 11.0. The molecule has 0 heterocycles. The lowest BCUT2D eigenvalue weighted by Gasteiger charge is -2.10. The molecule has 0 unspecified atom stereocenters. The molecule has 0 spiro atoms. The predicted molar refractivity (Wildman–Crippen MR) is 86.6 cm³/mol. The maximum absolute atomic E-state index is 11.9. The van der Waals surface area contributed by atoms with E-state index in [1.807, 2.05) is 30.3 Å². The Morgan fingerprint density at radius 2 is 1.70 bits per heavy atom. The summed E-state index contributed by atoms with van der Waals surface area (Å²) in [4.78, 5) is 34.9. The van der Waals surface area contributed by atoms with E-state index in [4.69, 9.17) is 5.73 Å². The number of amides is 3. The van der Waals surface area contributed by atoms with Crippen LogP contribution in [0.3, 0.4) is 0 Å². The van der Waals surface area contributed by atoms with Crippen LogP contribution in [-0.4, -0.2) is 17.7 Å². The van der Waals surface area contributed by atoms with Crippen LogP contribution in [0.5, 0.6) is 0 Å². The summed E-state index contributed by atoms with van der Waals surface area (Å²) in [5, 5.41) is 5.02. The minimum absolute atomic E-state index is 0.257. The van der Waals surface area contributed by atoms with Crippen LogP contribution in [0.4, 0.5) is 5.69 Å². The molecule has 0 aliphatic carbocycles. The van der Waals surface area contributed by atoms with Gasteiger partial charge in [-0.3, -0.25) is 14.4 Å². The summed E-state index contributed by atoms with van der Waals surface area (Å²) >= 11 is 0. The summed E-state index contributed by atoms with van der Waals surface area (Å²) in [7, 11) is 0. The molecule has 0 aliphatic heterocycles. The number of anilines is 1. The first-order valence-electron chi connectivity index (χ1n) is 7.01. The Bertz CT molecular complexity index is 742. The van der Waals surface area contributed by atoms with Gasteiger partial charge in [0.15, 0.2) is 0 Å². The van der Waals surface area contributed by atoms with E-state index in [0.29, 0.717) is 5.69 Å². The molecule has 2 aromatic rings.